The Labute approximate surface area is 137 Å². The highest BCUT2D eigenvalue weighted by molar-refractivity contribution is 5.98. The molecule has 0 radical (unpaired) electrons. The van der Waals surface area contributed by atoms with Crippen LogP contribution in [0.25, 0.3) is 0 Å². The smallest absolute Gasteiger partial charge is 0.246 e. The molecule has 0 unspecified atom stereocenters. The molecule has 0 spiro atoms. The summed E-state index contributed by atoms with van der Waals surface area (Å²) in [7, 11) is 0. The summed E-state index contributed by atoms with van der Waals surface area (Å²) in [5.74, 6) is -0.607. The van der Waals surface area contributed by atoms with E-state index in [1.165, 1.54) is 0 Å². The van der Waals surface area contributed by atoms with Gasteiger partial charge in [0.2, 0.25) is 17.7 Å². The van der Waals surface area contributed by atoms with Gasteiger partial charge in [-0.1, -0.05) is 33.8 Å². The first kappa shape index (κ1) is 18.7. The van der Waals surface area contributed by atoms with Gasteiger partial charge in [0.25, 0.3) is 0 Å². The lowest BCUT2D eigenvalue weighted by molar-refractivity contribution is -0.131. The monoisotopic (exact) mass is 319 g/mol. The van der Waals surface area contributed by atoms with Crippen molar-refractivity contribution in [3.8, 4) is 0 Å². The Morgan fingerprint density at radius 2 is 1.65 bits per heavy atom. The van der Waals surface area contributed by atoms with Crippen molar-refractivity contribution >= 4 is 29.1 Å². The Hall–Kier alpha value is -2.37. The maximum Gasteiger partial charge on any atom is 0.246 e. The van der Waals surface area contributed by atoms with Gasteiger partial charge in [0.1, 0.15) is 6.04 Å². The number of hydrogen-bond donors (Lipinski definition) is 3. The predicted octanol–water partition coefficient (Wildman–Crippen LogP) is 2.52. The van der Waals surface area contributed by atoms with Gasteiger partial charge in [-0.25, -0.2) is 0 Å². The molecule has 0 saturated heterocycles. The molecule has 0 saturated carbocycles. The first-order valence-electron chi connectivity index (χ1n) is 7.65. The molecule has 1 aromatic rings. The Morgan fingerprint density at radius 3 is 2.17 bits per heavy atom. The molecule has 0 bridgehead atoms. The van der Waals surface area contributed by atoms with Crippen LogP contribution in [0.4, 0.5) is 11.4 Å². The number of nitrogens with one attached hydrogen (secondary N) is 3. The van der Waals surface area contributed by atoms with Gasteiger partial charge >= 0.3 is 0 Å². The molecule has 0 aliphatic heterocycles. The minimum absolute atomic E-state index is 0.0979. The number of hydrogen-bond acceptors (Lipinski definition) is 3. The summed E-state index contributed by atoms with van der Waals surface area (Å²) in [6.07, 6.45) is 0.381. The second-order valence-corrected chi connectivity index (χ2v) is 6.42. The van der Waals surface area contributed by atoms with E-state index in [2.05, 4.69) is 16.0 Å². The van der Waals surface area contributed by atoms with Crippen LogP contribution in [-0.2, 0) is 14.4 Å². The van der Waals surface area contributed by atoms with Crippen LogP contribution in [-0.4, -0.2) is 23.8 Å². The van der Waals surface area contributed by atoms with Crippen molar-refractivity contribution in [2.75, 3.05) is 10.6 Å². The minimum atomic E-state index is -0.657. The number of amides is 3. The van der Waals surface area contributed by atoms with Crippen LogP contribution in [0, 0.1) is 5.41 Å². The summed E-state index contributed by atoms with van der Waals surface area (Å²) in [5, 5.41) is 8.13. The number of carbonyl (C=O) groups excluding carboxylic acids is 3. The average Bonchev–Trinajstić information content (AvgIpc) is 2.46. The van der Waals surface area contributed by atoms with Crippen molar-refractivity contribution in [2.24, 2.45) is 5.41 Å². The lowest BCUT2D eigenvalue weighted by Gasteiger charge is -2.21. The van der Waals surface area contributed by atoms with Crippen molar-refractivity contribution in [2.45, 2.75) is 47.1 Å². The molecule has 6 heteroatoms. The SMILES string of the molecule is CCC(=O)Nc1cccc(NC(=O)[C@H](C)NC(=O)C(C)(C)C)c1. The Kier molecular flexibility index (Phi) is 6.30. The van der Waals surface area contributed by atoms with E-state index in [0.29, 0.717) is 17.8 Å². The lowest BCUT2D eigenvalue weighted by Crippen LogP contribution is -2.46. The van der Waals surface area contributed by atoms with Crippen LogP contribution in [0.1, 0.15) is 41.0 Å². The summed E-state index contributed by atoms with van der Waals surface area (Å²) < 4.78 is 0. The van der Waals surface area contributed by atoms with Crippen molar-refractivity contribution in [1.82, 2.24) is 5.32 Å². The van der Waals surface area contributed by atoms with E-state index < -0.39 is 11.5 Å². The number of anilines is 2. The van der Waals surface area contributed by atoms with Gasteiger partial charge < -0.3 is 16.0 Å². The van der Waals surface area contributed by atoms with Crippen LogP contribution >= 0.6 is 0 Å². The fourth-order valence-electron chi connectivity index (χ4n) is 1.65. The number of carbonyl (C=O) groups is 3. The van der Waals surface area contributed by atoms with E-state index in [-0.39, 0.29) is 17.7 Å². The predicted molar refractivity (Wildman–Crippen MR) is 91.1 cm³/mol. The zero-order valence-corrected chi connectivity index (χ0v) is 14.3. The standard InChI is InChI=1S/C17H25N3O3/c1-6-14(21)19-12-8-7-9-13(10-12)20-15(22)11(2)18-16(23)17(3,4)5/h7-11H,6H2,1-5H3,(H,18,23)(H,19,21)(H,20,22)/t11-/m0/s1. The van der Waals surface area contributed by atoms with E-state index in [1.807, 2.05) is 0 Å². The summed E-state index contributed by atoms with van der Waals surface area (Å²) in [6, 6.07) is 6.21. The van der Waals surface area contributed by atoms with Crippen molar-refractivity contribution in [1.29, 1.82) is 0 Å². The summed E-state index contributed by atoms with van der Waals surface area (Å²) in [5.41, 5.74) is 0.612. The van der Waals surface area contributed by atoms with E-state index >= 15 is 0 Å². The van der Waals surface area contributed by atoms with Crippen molar-refractivity contribution in [3.63, 3.8) is 0 Å². The normalized spacial score (nSPS) is 12.2. The third-order valence-electron chi connectivity index (χ3n) is 3.16. The Bertz CT molecular complexity index is 591. The second-order valence-electron chi connectivity index (χ2n) is 6.42. The third kappa shape index (κ3) is 6.10. The molecule has 3 amide bonds. The molecule has 1 atom stereocenters. The number of rotatable bonds is 5. The van der Waals surface area contributed by atoms with Crippen molar-refractivity contribution < 1.29 is 14.4 Å². The molecule has 6 nitrogen and oxygen atoms in total. The largest absolute Gasteiger partial charge is 0.344 e. The topological polar surface area (TPSA) is 87.3 Å². The van der Waals surface area contributed by atoms with E-state index in [0.717, 1.165) is 0 Å². The Balaban J connectivity index is 2.68. The highest BCUT2D eigenvalue weighted by Crippen LogP contribution is 2.16. The van der Waals surface area contributed by atoms with Crippen LogP contribution < -0.4 is 16.0 Å². The highest BCUT2D eigenvalue weighted by atomic mass is 16.2. The lowest BCUT2D eigenvalue weighted by atomic mass is 9.95. The van der Waals surface area contributed by atoms with Crippen LogP contribution in [0.3, 0.4) is 0 Å². The molecule has 0 aromatic heterocycles. The van der Waals surface area contributed by atoms with E-state index in [9.17, 15) is 14.4 Å². The second kappa shape index (κ2) is 7.76. The van der Waals surface area contributed by atoms with Gasteiger partial charge in [0, 0.05) is 23.2 Å². The summed E-state index contributed by atoms with van der Waals surface area (Å²) in [6.45, 7) is 8.74. The molecular weight excluding hydrogens is 294 g/mol. The van der Waals surface area contributed by atoms with Crippen molar-refractivity contribution in [3.05, 3.63) is 24.3 Å². The highest BCUT2D eigenvalue weighted by Gasteiger charge is 2.25. The van der Waals surface area contributed by atoms with Gasteiger partial charge in [0.05, 0.1) is 0 Å². The zero-order chi connectivity index (χ0) is 17.6. The first-order chi connectivity index (χ1) is 10.6. The third-order valence-corrected chi connectivity index (χ3v) is 3.16. The molecule has 0 heterocycles. The zero-order valence-electron chi connectivity index (χ0n) is 14.3. The van der Waals surface area contributed by atoms with E-state index in [1.54, 1.807) is 58.9 Å². The molecule has 1 aromatic carbocycles. The fourth-order valence-corrected chi connectivity index (χ4v) is 1.65. The van der Waals surface area contributed by atoms with Gasteiger partial charge in [-0.2, -0.15) is 0 Å². The fraction of sp³-hybridized carbons (Fsp3) is 0.471. The van der Waals surface area contributed by atoms with Gasteiger partial charge in [-0.3, -0.25) is 14.4 Å². The minimum Gasteiger partial charge on any atom is -0.344 e. The van der Waals surface area contributed by atoms with Crippen LogP contribution in [0.15, 0.2) is 24.3 Å². The summed E-state index contributed by atoms with van der Waals surface area (Å²) >= 11 is 0. The maximum atomic E-state index is 12.2. The molecule has 1 rings (SSSR count). The van der Waals surface area contributed by atoms with Gasteiger partial charge in [0.15, 0.2) is 0 Å². The molecule has 0 fully saturated rings. The number of benzene rings is 1. The molecular formula is C17H25N3O3. The molecule has 23 heavy (non-hydrogen) atoms. The van der Waals surface area contributed by atoms with Crippen LogP contribution in [0.5, 0.6) is 0 Å². The molecule has 3 N–H and O–H groups in total. The van der Waals surface area contributed by atoms with Gasteiger partial charge in [-0.15, -0.1) is 0 Å². The quantitative estimate of drug-likeness (QED) is 0.779. The average molecular weight is 319 g/mol. The molecule has 0 aliphatic rings. The molecule has 0 aliphatic carbocycles. The van der Waals surface area contributed by atoms with Gasteiger partial charge in [-0.05, 0) is 25.1 Å². The maximum absolute atomic E-state index is 12.2. The first-order valence-corrected chi connectivity index (χ1v) is 7.65. The Morgan fingerprint density at radius 1 is 1.09 bits per heavy atom. The van der Waals surface area contributed by atoms with E-state index in [4.69, 9.17) is 0 Å². The van der Waals surface area contributed by atoms with Crippen LogP contribution in [0.2, 0.25) is 0 Å². The summed E-state index contributed by atoms with van der Waals surface area (Å²) in [4.78, 5) is 35.4. The molecule has 126 valence electrons.